The molecule has 0 aromatic heterocycles. The Kier molecular flexibility index (Phi) is 2.91. The van der Waals surface area contributed by atoms with Crippen molar-refractivity contribution in [3.05, 3.63) is 23.2 Å². The smallest absolute Gasteiger partial charge is 0.0739 e. The van der Waals surface area contributed by atoms with Gasteiger partial charge in [0.2, 0.25) is 0 Å². The molecular weight excluding hydrogens is 232 g/mol. The molecule has 0 spiro atoms. The van der Waals surface area contributed by atoms with Crippen LogP contribution in [0, 0.1) is 17.8 Å². The molecule has 0 radical (unpaired) electrons. The van der Waals surface area contributed by atoms with E-state index < -0.39 is 0 Å². The van der Waals surface area contributed by atoms with Gasteiger partial charge in [-0.2, -0.15) is 0 Å². The van der Waals surface area contributed by atoms with Crippen molar-refractivity contribution < 1.29 is 0 Å². The van der Waals surface area contributed by atoms with E-state index in [9.17, 15) is 0 Å². The Morgan fingerprint density at radius 3 is 2.88 bits per heavy atom. The van der Waals surface area contributed by atoms with Gasteiger partial charge in [0.15, 0.2) is 0 Å². The van der Waals surface area contributed by atoms with Crippen LogP contribution in [0.15, 0.2) is 18.2 Å². The van der Waals surface area contributed by atoms with Crippen LogP contribution in [0.3, 0.4) is 0 Å². The third kappa shape index (κ3) is 2.11. The summed E-state index contributed by atoms with van der Waals surface area (Å²) >= 11 is 6.01. The van der Waals surface area contributed by atoms with Crippen LogP contribution in [0.4, 0.5) is 11.4 Å². The van der Waals surface area contributed by atoms with Crippen molar-refractivity contribution in [3.63, 3.8) is 0 Å². The van der Waals surface area contributed by atoms with E-state index in [1.807, 2.05) is 18.2 Å². The second-order valence-corrected chi connectivity index (χ2v) is 5.92. The molecule has 3 N–H and O–H groups in total. The number of nitrogens with one attached hydrogen (secondary N) is 1. The monoisotopic (exact) mass is 250 g/mol. The Labute approximate surface area is 108 Å². The van der Waals surface area contributed by atoms with Gasteiger partial charge in [-0.15, -0.1) is 0 Å². The number of hydrogen-bond donors (Lipinski definition) is 2. The minimum Gasteiger partial charge on any atom is -0.396 e. The third-order valence-electron chi connectivity index (χ3n) is 4.49. The molecule has 2 aliphatic rings. The van der Waals surface area contributed by atoms with Crippen molar-refractivity contribution in [2.75, 3.05) is 17.6 Å². The highest BCUT2D eigenvalue weighted by atomic mass is 35.5. The molecule has 17 heavy (non-hydrogen) atoms. The number of benzene rings is 1. The molecule has 3 rings (SSSR count). The van der Waals surface area contributed by atoms with Gasteiger partial charge in [-0.3, -0.25) is 0 Å². The Morgan fingerprint density at radius 1 is 1.29 bits per heavy atom. The predicted octanol–water partition coefficient (Wildman–Crippen LogP) is 3.77. The van der Waals surface area contributed by atoms with E-state index in [2.05, 4.69) is 5.32 Å². The van der Waals surface area contributed by atoms with Crippen molar-refractivity contribution in [1.29, 1.82) is 0 Å². The lowest BCUT2D eigenvalue weighted by Crippen LogP contribution is -2.20. The maximum absolute atomic E-state index is 6.01. The summed E-state index contributed by atoms with van der Waals surface area (Å²) in [5, 5.41) is 4.11. The number of para-hydroxylation sites is 1. The quantitative estimate of drug-likeness (QED) is 0.802. The number of fused-ring (bicyclic) bond motifs is 2. The molecule has 2 saturated carbocycles. The summed E-state index contributed by atoms with van der Waals surface area (Å²) in [5.74, 6) is 2.79. The van der Waals surface area contributed by atoms with Gasteiger partial charge in [0.25, 0.3) is 0 Å². The Bertz CT molecular complexity index is 419. The fraction of sp³-hybridized carbons (Fsp3) is 0.571. The van der Waals surface area contributed by atoms with Crippen molar-refractivity contribution >= 4 is 23.0 Å². The van der Waals surface area contributed by atoms with Gasteiger partial charge in [-0.25, -0.2) is 0 Å². The van der Waals surface area contributed by atoms with Gasteiger partial charge in [-0.1, -0.05) is 24.1 Å². The first-order valence-corrected chi connectivity index (χ1v) is 6.89. The molecule has 0 saturated heterocycles. The molecule has 3 atom stereocenters. The summed E-state index contributed by atoms with van der Waals surface area (Å²) in [6, 6.07) is 5.79. The number of halogens is 1. The maximum atomic E-state index is 6.01. The molecule has 1 aromatic rings. The highest BCUT2D eigenvalue weighted by molar-refractivity contribution is 6.33. The Hall–Kier alpha value is -0.890. The van der Waals surface area contributed by atoms with Gasteiger partial charge in [0, 0.05) is 6.54 Å². The number of anilines is 2. The molecule has 2 bridgehead atoms. The summed E-state index contributed by atoms with van der Waals surface area (Å²) in [7, 11) is 0. The molecule has 3 unspecified atom stereocenters. The second-order valence-electron chi connectivity index (χ2n) is 5.52. The van der Waals surface area contributed by atoms with Crippen LogP contribution in [0.5, 0.6) is 0 Å². The SMILES string of the molecule is Nc1c(Cl)cccc1NCC1CC2CCC1C2. The average molecular weight is 251 g/mol. The van der Waals surface area contributed by atoms with E-state index in [1.54, 1.807) is 0 Å². The molecule has 0 amide bonds. The summed E-state index contributed by atoms with van der Waals surface area (Å²) in [5.41, 5.74) is 7.61. The van der Waals surface area contributed by atoms with Gasteiger partial charge in [0.05, 0.1) is 16.4 Å². The molecular formula is C14H19ClN2. The van der Waals surface area contributed by atoms with Crippen LogP contribution in [-0.4, -0.2) is 6.54 Å². The Morgan fingerprint density at radius 2 is 2.18 bits per heavy atom. The number of rotatable bonds is 3. The highest BCUT2D eigenvalue weighted by Crippen LogP contribution is 2.48. The van der Waals surface area contributed by atoms with Gasteiger partial charge >= 0.3 is 0 Å². The molecule has 3 heteroatoms. The largest absolute Gasteiger partial charge is 0.396 e. The van der Waals surface area contributed by atoms with E-state index in [0.717, 1.165) is 30.0 Å². The third-order valence-corrected chi connectivity index (χ3v) is 4.82. The minimum atomic E-state index is 0.642. The molecule has 2 aliphatic carbocycles. The lowest BCUT2D eigenvalue weighted by Gasteiger charge is -2.22. The van der Waals surface area contributed by atoms with Crippen LogP contribution in [0.2, 0.25) is 5.02 Å². The fourth-order valence-corrected chi connectivity index (χ4v) is 3.73. The zero-order valence-electron chi connectivity index (χ0n) is 9.95. The van der Waals surface area contributed by atoms with E-state index in [-0.39, 0.29) is 0 Å². The van der Waals surface area contributed by atoms with Gasteiger partial charge in [0.1, 0.15) is 0 Å². The van der Waals surface area contributed by atoms with Crippen molar-refractivity contribution in [2.24, 2.45) is 17.8 Å². The van der Waals surface area contributed by atoms with Gasteiger partial charge in [-0.05, 0) is 49.1 Å². The van der Waals surface area contributed by atoms with Crippen LogP contribution >= 0.6 is 11.6 Å². The molecule has 2 nitrogen and oxygen atoms in total. The van der Waals surface area contributed by atoms with Crippen molar-refractivity contribution in [3.8, 4) is 0 Å². The second kappa shape index (κ2) is 4.41. The summed E-state index contributed by atoms with van der Waals surface area (Å²) in [6.45, 7) is 1.05. The van der Waals surface area contributed by atoms with E-state index in [0.29, 0.717) is 10.7 Å². The normalized spacial score (nSPS) is 30.8. The van der Waals surface area contributed by atoms with Crippen molar-refractivity contribution in [1.82, 2.24) is 0 Å². The van der Waals surface area contributed by atoms with E-state index in [1.165, 1.54) is 25.7 Å². The zero-order valence-corrected chi connectivity index (χ0v) is 10.7. The highest BCUT2D eigenvalue weighted by Gasteiger charge is 2.39. The topological polar surface area (TPSA) is 38.0 Å². The predicted molar refractivity (Wildman–Crippen MR) is 73.3 cm³/mol. The van der Waals surface area contributed by atoms with Crippen LogP contribution in [0.1, 0.15) is 25.7 Å². The first-order chi connectivity index (χ1) is 8.24. The first-order valence-electron chi connectivity index (χ1n) is 6.52. The Balaban J connectivity index is 1.62. The molecule has 0 heterocycles. The van der Waals surface area contributed by atoms with Crippen LogP contribution in [-0.2, 0) is 0 Å². The first kappa shape index (κ1) is 11.2. The minimum absolute atomic E-state index is 0.642. The number of nitrogen functional groups attached to an aromatic ring is 1. The summed E-state index contributed by atoms with van der Waals surface area (Å²) in [4.78, 5) is 0. The number of hydrogen-bond acceptors (Lipinski definition) is 2. The zero-order chi connectivity index (χ0) is 11.8. The molecule has 2 fully saturated rings. The van der Waals surface area contributed by atoms with E-state index >= 15 is 0 Å². The molecule has 92 valence electrons. The molecule has 0 aliphatic heterocycles. The summed E-state index contributed by atoms with van der Waals surface area (Å²) < 4.78 is 0. The number of nitrogens with two attached hydrogens (primary N) is 1. The fourth-order valence-electron chi connectivity index (χ4n) is 3.56. The molecule has 1 aromatic carbocycles. The lowest BCUT2D eigenvalue weighted by atomic mass is 9.89. The van der Waals surface area contributed by atoms with E-state index in [4.69, 9.17) is 17.3 Å². The lowest BCUT2D eigenvalue weighted by molar-refractivity contribution is 0.348. The average Bonchev–Trinajstić information content (AvgIpc) is 2.93. The van der Waals surface area contributed by atoms with Crippen LogP contribution in [0.25, 0.3) is 0 Å². The van der Waals surface area contributed by atoms with Crippen LogP contribution < -0.4 is 11.1 Å². The summed E-state index contributed by atoms with van der Waals surface area (Å²) in [6.07, 6.45) is 5.75. The standard InChI is InChI=1S/C14H19ClN2/c15-12-2-1-3-13(14(12)16)17-8-11-7-9-4-5-10(11)6-9/h1-3,9-11,17H,4-8,16H2. The van der Waals surface area contributed by atoms with Crippen molar-refractivity contribution in [2.45, 2.75) is 25.7 Å². The van der Waals surface area contributed by atoms with Gasteiger partial charge < -0.3 is 11.1 Å². The maximum Gasteiger partial charge on any atom is 0.0739 e.